The maximum absolute atomic E-state index is 13.4. The summed E-state index contributed by atoms with van der Waals surface area (Å²) in [5, 5.41) is 2.12. The van der Waals surface area contributed by atoms with Crippen molar-refractivity contribution in [1.82, 2.24) is 0 Å². The second kappa shape index (κ2) is 5.01. The zero-order valence-electron chi connectivity index (χ0n) is 9.58. The minimum Gasteiger partial charge on any atom is -0.397 e. The van der Waals surface area contributed by atoms with E-state index in [1.54, 1.807) is 0 Å². The number of hydrogen-bond acceptors (Lipinski definition) is 2. The standard InChI is InChI=1S/C13H9F3N2O/c14-7-4-5-9(15)8(6-7)13(19)18-12-10(16)2-1-3-11(12)17/h1-6H,17H2,(H,18,19). The van der Waals surface area contributed by atoms with Crippen molar-refractivity contribution < 1.29 is 18.0 Å². The summed E-state index contributed by atoms with van der Waals surface area (Å²) in [5.41, 5.74) is 4.69. The number of carbonyl (C=O) groups excluding carboxylic acids is 1. The molecule has 98 valence electrons. The molecule has 3 N–H and O–H groups in total. The summed E-state index contributed by atoms with van der Waals surface area (Å²) < 4.78 is 39.8. The molecule has 0 radical (unpaired) electrons. The largest absolute Gasteiger partial charge is 0.397 e. The van der Waals surface area contributed by atoms with Gasteiger partial charge in [-0.3, -0.25) is 4.79 Å². The van der Waals surface area contributed by atoms with Gasteiger partial charge in [0.2, 0.25) is 0 Å². The molecule has 1 amide bonds. The molecule has 0 saturated carbocycles. The average Bonchev–Trinajstić information content (AvgIpc) is 2.37. The Hall–Kier alpha value is -2.50. The maximum atomic E-state index is 13.4. The molecule has 0 aliphatic carbocycles. The Kier molecular flexibility index (Phi) is 3.41. The van der Waals surface area contributed by atoms with Crippen LogP contribution in [0.2, 0.25) is 0 Å². The zero-order valence-corrected chi connectivity index (χ0v) is 9.58. The number of rotatable bonds is 2. The van der Waals surface area contributed by atoms with Crippen LogP contribution in [-0.4, -0.2) is 5.91 Å². The first-order valence-corrected chi connectivity index (χ1v) is 5.29. The number of halogens is 3. The summed E-state index contributed by atoms with van der Waals surface area (Å²) in [6.07, 6.45) is 0. The van der Waals surface area contributed by atoms with Crippen molar-refractivity contribution in [2.24, 2.45) is 0 Å². The molecule has 2 rings (SSSR count). The van der Waals surface area contributed by atoms with Crippen molar-refractivity contribution in [3.05, 3.63) is 59.4 Å². The Morgan fingerprint density at radius 2 is 1.79 bits per heavy atom. The van der Waals surface area contributed by atoms with Gasteiger partial charge in [-0.2, -0.15) is 0 Å². The van der Waals surface area contributed by atoms with Gasteiger partial charge in [-0.25, -0.2) is 13.2 Å². The molecule has 0 aromatic heterocycles. The van der Waals surface area contributed by atoms with Crippen LogP contribution in [0.25, 0.3) is 0 Å². The number of nitrogens with one attached hydrogen (secondary N) is 1. The van der Waals surface area contributed by atoms with E-state index in [4.69, 9.17) is 5.73 Å². The lowest BCUT2D eigenvalue weighted by Crippen LogP contribution is -2.16. The maximum Gasteiger partial charge on any atom is 0.258 e. The Morgan fingerprint density at radius 3 is 2.47 bits per heavy atom. The molecule has 0 unspecified atom stereocenters. The fourth-order valence-corrected chi connectivity index (χ4v) is 1.53. The summed E-state index contributed by atoms with van der Waals surface area (Å²) in [7, 11) is 0. The third-order valence-electron chi connectivity index (χ3n) is 2.46. The van der Waals surface area contributed by atoms with Crippen molar-refractivity contribution in [2.75, 3.05) is 11.1 Å². The normalized spacial score (nSPS) is 10.3. The Morgan fingerprint density at radius 1 is 1.05 bits per heavy atom. The molecule has 0 bridgehead atoms. The van der Waals surface area contributed by atoms with Crippen molar-refractivity contribution in [3.63, 3.8) is 0 Å². The Bertz CT molecular complexity index is 624. The highest BCUT2D eigenvalue weighted by atomic mass is 19.1. The van der Waals surface area contributed by atoms with E-state index in [0.717, 1.165) is 24.3 Å². The molecule has 2 aromatic carbocycles. The van der Waals surface area contributed by atoms with E-state index in [9.17, 15) is 18.0 Å². The molecule has 0 atom stereocenters. The third kappa shape index (κ3) is 2.67. The molecule has 19 heavy (non-hydrogen) atoms. The van der Waals surface area contributed by atoms with Gasteiger partial charge in [0.1, 0.15) is 23.1 Å². The first-order valence-electron chi connectivity index (χ1n) is 5.29. The lowest BCUT2D eigenvalue weighted by atomic mass is 10.1. The van der Waals surface area contributed by atoms with Gasteiger partial charge < -0.3 is 11.1 Å². The summed E-state index contributed by atoms with van der Waals surface area (Å²) >= 11 is 0. The summed E-state index contributed by atoms with van der Waals surface area (Å²) in [5.74, 6) is -3.42. The molecule has 0 spiro atoms. The van der Waals surface area contributed by atoms with Crippen LogP contribution in [-0.2, 0) is 0 Å². The predicted molar refractivity (Wildman–Crippen MR) is 65.1 cm³/mol. The van der Waals surface area contributed by atoms with Crippen LogP contribution >= 0.6 is 0 Å². The van der Waals surface area contributed by atoms with E-state index in [2.05, 4.69) is 5.32 Å². The SMILES string of the molecule is Nc1cccc(F)c1NC(=O)c1cc(F)ccc1F. The number of carbonyl (C=O) groups is 1. The van der Waals surface area contributed by atoms with E-state index >= 15 is 0 Å². The van der Waals surface area contributed by atoms with E-state index in [-0.39, 0.29) is 11.4 Å². The van der Waals surface area contributed by atoms with Crippen LogP contribution < -0.4 is 11.1 Å². The number of nitrogens with two attached hydrogens (primary N) is 1. The second-order valence-electron chi connectivity index (χ2n) is 3.78. The lowest BCUT2D eigenvalue weighted by molar-refractivity contribution is 0.102. The van der Waals surface area contributed by atoms with Crippen molar-refractivity contribution in [1.29, 1.82) is 0 Å². The van der Waals surface area contributed by atoms with Crippen LogP contribution in [0.15, 0.2) is 36.4 Å². The van der Waals surface area contributed by atoms with Gasteiger partial charge in [0.25, 0.3) is 5.91 Å². The Balaban J connectivity index is 2.34. The zero-order chi connectivity index (χ0) is 14.0. The average molecular weight is 266 g/mol. The highest BCUT2D eigenvalue weighted by Crippen LogP contribution is 2.23. The van der Waals surface area contributed by atoms with Gasteiger partial charge >= 0.3 is 0 Å². The molecule has 0 heterocycles. The molecule has 0 aliphatic rings. The highest BCUT2D eigenvalue weighted by molar-refractivity contribution is 6.06. The molecule has 2 aromatic rings. The topological polar surface area (TPSA) is 55.1 Å². The van der Waals surface area contributed by atoms with E-state index in [1.807, 2.05) is 0 Å². The number of amides is 1. The minimum atomic E-state index is -0.978. The Labute approximate surface area is 106 Å². The van der Waals surface area contributed by atoms with Crippen molar-refractivity contribution in [3.8, 4) is 0 Å². The number of nitrogen functional groups attached to an aromatic ring is 1. The van der Waals surface area contributed by atoms with Crippen LogP contribution in [0.5, 0.6) is 0 Å². The highest BCUT2D eigenvalue weighted by Gasteiger charge is 2.16. The van der Waals surface area contributed by atoms with E-state index in [0.29, 0.717) is 0 Å². The molecule has 0 saturated heterocycles. The van der Waals surface area contributed by atoms with Crippen LogP contribution in [0.3, 0.4) is 0 Å². The number of benzene rings is 2. The second-order valence-corrected chi connectivity index (χ2v) is 3.78. The van der Waals surface area contributed by atoms with Gasteiger partial charge in [0, 0.05) is 0 Å². The van der Waals surface area contributed by atoms with Crippen LogP contribution in [0, 0.1) is 17.5 Å². The van der Waals surface area contributed by atoms with Crippen LogP contribution in [0.4, 0.5) is 24.5 Å². The molecule has 0 fully saturated rings. The fraction of sp³-hybridized carbons (Fsp3) is 0. The van der Waals surface area contributed by atoms with E-state index < -0.39 is 28.9 Å². The molecule has 0 aliphatic heterocycles. The lowest BCUT2D eigenvalue weighted by Gasteiger charge is -2.09. The monoisotopic (exact) mass is 266 g/mol. The minimum absolute atomic E-state index is 0.00911. The fourth-order valence-electron chi connectivity index (χ4n) is 1.53. The third-order valence-corrected chi connectivity index (χ3v) is 2.46. The van der Waals surface area contributed by atoms with Gasteiger partial charge in [-0.15, -0.1) is 0 Å². The van der Waals surface area contributed by atoms with Gasteiger partial charge in [0.05, 0.1) is 11.3 Å². The summed E-state index contributed by atoms with van der Waals surface area (Å²) in [4.78, 5) is 11.8. The molecular weight excluding hydrogens is 257 g/mol. The van der Waals surface area contributed by atoms with Gasteiger partial charge in [-0.1, -0.05) is 6.07 Å². The predicted octanol–water partition coefficient (Wildman–Crippen LogP) is 2.94. The summed E-state index contributed by atoms with van der Waals surface area (Å²) in [6.45, 7) is 0. The smallest absolute Gasteiger partial charge is 0.258 e. The first kappa shape index (κ1) is 12.9. The molecule has 6 heteroatoms. The quantitative estimate of drug-likeness (QED) is 0.821. The van der Waals surface area contributed by atoms with Crippen molar-refractivity contribution >= 4 is 17.3 Å². The van der Waals surface area contributed by atoms with Crippen LogP contribution in [0.1, 0.15) is 10.4 Å². The first-order chi connectivity index (χ1) is 8.99. The van der Waals surface area contributed by atoms with Crippen molar-refractivity contribution in [2.45, 2.75) is 0 Å². The molecule has 3 nitrogen and oxygen atoms in total. The van der Waals surface area contributed by atoms with Gasteiger partial charge in [-0.05, 0) is 30.3 Å². The number of hydrogen-bond donors (Lipinski definition) is 2. The van der Waals surface area contributed by atoms with E-state index in [1.165, 1.54) is 12.1 Å². The summed E-state index contributed by atoms with van der Waals surface area (Å²) in [6, 6.07) is 6.25. The number of para-hydroxylation sites is 1. The number of anilines is 2. The molecular formula is C13H9F3N2O. The van der Waals surface area contributed by atoms with Gasteiger partial charge in [0.15, 0.2) is 0 Å².